The van der Waals surface area contributed by atoms with E-state index in [1.807, 2.05) is 34.1 Å². The average molecular weight is 427 g/mol. The largest absolute Gasteiger partial charge is 0.341 e. The summed E-state index contributed by atoms with van der Waals surface area (Å²) in [7, 11) is 0. The standard InChI is InChI=1S/C24H34N4O3/c1-18-14-19(2)16-27(15-18)23(30)17-25-10-12-26(13-11-25)24(31)20-6-3-4-7-21(20)28-9-5-8-22(28)29/h3-4,6-7,18-19H,5,8-17H2,1-2H3/t18-,19+. The second kappa shape index (κ2) is 9.39. The smallest absolute Gasteiger partial charge is 0.256 e. The molecule has 0 aliphatic carbocycles. The summed E-state index contributed by atoms with van der Waals surface area (Å²) in [6, 6.07) is 7.42. The summed E-state index contributed by atoms with van der Waals surface area (Å²) >= 11 is 0. The summed E-state index contributed by atoms with van der Waals surface area (Å²) in [4.78, 5) is 46.0. The fraction of sp³-hybridized carbons (Fsp3) is 0.625. The van der Waals surface area contributed by atoms with Gasteiger partial charge in [-0.25, -0.2) is 0 Å². The number of carbonyl (C=O) groups excluding carboxylic acids is 3. The van der Waals surface area contributed by atoms with Gasteiger partial charge in [0, 0.05) is 52.2 Å². The van der Waals surface area contributed by atoms with Crippen LogP contribution in [0.15, 0.2) is 24.3 Å². The van der Waals surface area contributed by atoms with Crippen LogP contribution in [0.3, 0.4) is 0 Å². The summed E-state index contributed by atoms with van der Waals surface area (Å²) in [6.07, 6.45) is 2.57. The molecule has 3 aliphatic heterocycles. The first-order valence-corrected chi connectivity index (χ1v) is 11.6. The lowest BCUT2D eigenvalue weighted by Gasteiger charge is -2.38. The van der Waals surface area contributed by atoms with Crippen molar-refractivity contribution in [3.8, 4) is 0 Å². The molecule has 3 amide bonds. The fourth-order valence-corrected chi connectivity index (χ4v) is 5.23. The van der Waals surface area contributed by atoms with E-state index >= 15 is 0 Å². The van der Waals surface area contributed by atoms with Crippen LogP contribution in [0.25, 0.3) is 0 Å². The van der Waals surface area contributed by atoms with E-state index in [2.05, 4.69) is 18.7 Å². The van der Waals surface area contributed by atoms with Crippen molar-refractivity contribution in [3.05, 3.63) is 29.8 Å². The Morgan fingerprint density at radius 1 is 0.935 bits per heavy atom. The summed E-state index contributed by atoms with van der Waals surface area (Å²) in [6.45, 7) is 9.83. The molecule has 7 heteroatoms. The highest BCUT2D eigenvalue weighted by atomic mass is 16.2. The van der Waals surface area contributed by atoms with E-state index in [9.17, 15) is 14.4 Å². The zero-order valence-electron chi connectivity index (χ0n) is 18.8. The molecule has 0 spiro atoms. The monoisotopic (exact) mass is 426 g/mol. The van der Waals surface area contributed by atoms with E-state index < -0.39 is 0 Å². The molecule has 1 aromatic rings. The number of hydrogen-bond donors (Lipinski definition) is 0. The van der Waals surface area contributed by atoms with Gasteiger partial charge in [-0.3, -0.25) is 19.3 Å². The third-order valence-corrected chi connectivity index (χ3v) is 6.74. The highest BCUT2D eigenvalue weighted by Gasteiger charge is 2.31. The number of anilines is 1. The molecule has 1 aromatic carbocycles. The second-order valence-electron chi connectivity index (χ2n) is 9.48. The van der Waals surface area contributed by atoms with Crippen molar-refractivity contribution in [1.82, 2.24) is 14.7 Å². The van der Waals surface area contributed by atoms with Crippen LogP contribution in [-0.4, -0.2) is 84.8 Å². The van der Waals surface area contributed by atoms with Gasteiger partial charge in [0.25, 0.3) is 5.91 Å². The van der Waals surface area contributed by atoms with Crippen molar-refractivity contribution in [1.29, 1.82) is 0 Å². The Bertz CT molecular complexity index is 824. The van der Waals surface area contributed by atoms with Crippen molar-refractivity contribution in [2.75, 3.05) is 57.3 Å². The van der Waals surface area contributed by atoms with Crippen LogP contribution in [-0.2, 0) is 9.59 Å². The normalized spacial score (nSPS) is 25.2. The minimum Gasteiger partial charge on any atom is -0.341 e. The number of amides is 3. The lowest BCUT2D eigenvalue weighted by molar-refractivity contribution is -0.135. The van der Waals surface area contributed by atoms with Crippen molar-refractivity contribution < 1.29 is 14.4 Å². The molecule has 3 aliphatic rings. The van der Waals surface area contributed by atoms with E-state index in [0.717, 1.165) is 25.2 Å². The minimum absolute atomic E-state index is 0.0278. The molecule has 7 nitrogen and oxygen atoms in total. The topological polar surface area (TPSA) is 64.2 Å². The first kappa shape index (κ1) is 21.8. The van der Waals surface area contributed by atoms with Gasteiger partial charge >= 0.3 is 0 Å². The summed E-state index contributed by atoms with van der Waals surface area (Å²) < 4.78 is 0. The quantitative estimate of drug-likeness (QED) is 0.740. The van der Waals surface area contributed by atoms with Crippen molar-refractivity contribution in [2.45, 2.75) is 33.1 Å². The Morgan fingerprint density at radius 3 is 2.26 bits per heavy atom. The second-order valence-corrected chi connectivity index (χ2v) is 9.48. The van der Waals surface area contributed by atoms with Gasteiger partial charge in [-0.15, -0.1) is 0 Å². The van der Waals surface area contributed by atoms with Crippen LogP contribution in [0.4, 0.5) is 5.69 Å². The lowest BCUT2D eigenvalue weighted by Crippen LogP contribution is -2.53. The zero-order chi connectivity index (χ0) is 22.0. The number of piperidine rings is 1. The van der Waals surface area contributed by atoms with Gasteiger partial charge < -0.3 is 14.7 Å². The predicted molar refractivity (Wildman–Crippen MR) is 120 cm³/mol. The van der Waals surface area contributed by atoms with Crippen LogP contribution >= 0.6 is 0 Å². The molecule has 0 unspecified atom stereocenters. The van der Waals surface area contributed by atoms with E-state index in [1.165, 1.54) is 6.42 Å². The van der Waals surface area contributed by atoms with Crippen molar-refractivity contribution >= 4 is 23.4 Å². The van der Waals surface area contributed by atoms with Gasteiger partial charge in [0.05, 0.1) is 17.8 Å². The molecule has 3 fully saturated rings. The van der Waals surface area contributed by atoms with Gasteiger partial charge in [0.1, 0.15) is 0 Å². The molecule has 0 saturated carbocycles. The molecule has 168 valence electrons. The van der Waals surface area contributed by atoms with Crippen LogP contribution in [0, 0.1) is 11.8 Å². The van der Waals surface area contributed by atoms with Gasteiger partial charge in [0.15, 0.2) is 0 Å². The van der Waals surface area contributed by atoms with Crippen LogP contribution in [0.5, 0.6) is 0 Å². The van der Waals surface area contributed by atoms with E-state index in [1.54, 1.807) is 4.90 Å². The molecule has 2 atom stereocenters. The highest BCUT2D eigenvalue weighted by molar-refractivity contribution is 6.05. The van der Waals surface area contributed by atoms with Gasteiger partial charge in [0.2, 0.25) is 11.8 Å². The maximum Gasteiger partial charge on any atom is 0.256 e. The van der Waals surface area contributed by atoms with Crippen molar-refractivity contribution in [2.24, 2.45) is 11.8 Å². The van der Waals surface area contributed by atoms with E-state index in [4.69, 9.17) is 0 Å². The predicted octanol–water partition coefficient (Wildman–Crippen LogP) is 2.08. The third-order valence-electron chi connectivity index (χ3n) is 6.74. The lowest BCUT2D eigenvalue weighted by atomic mass is 9.92. The van der Waals surface area contributed by atoms with Crippen molar-refractivity contribution in [3.63, 3.8) is 0 Å². The molecule has 3 heterocycles. The maximum atomic E-state index is 13.2. The Labute approximate surface area is 185 Å². The van der Waals surface area contributed by atoms with Gasteiger partial charge in [-0.2, -0.15) is 0 Å². The summed E-state index contributed by atoms with van der Waals surface area (Å²) in [5.74, 6) is 1.38. The Morgan fingerprint density at radius 2 is 1.61 bits per heavy atom. The van der Waals surface area contributed by atoms with E-state index in [0.29, 0.717) is 63.1 Å². The summed E-state index contributed by atoms with van der Waals surface area (Å²) in [5.41, 5.74) is 1.32. The number of carbonyl (C=O) groups is 3. The minimum atomic E-state index is -0.0278. The maximum absolute atomic E-state index is 13.2. The first-order chi connectivity index (χ1) is 14.9. The summed E-state index contributed by atoms with van der Waals surface area (Å²) in [5, 5.41) is 0. The van der Waals surface area contributed by atoms with Crippen LogP contribution < -0.4 is 4.90 Å². The molecule has 0 radical (unpaired) electrons. The Kier molecular flexibility index (Phi) is 6.60. The number of hydrogen-bond acceptors (Lipinski definition) is 4. The molecule has 0 N–H and O–H groups in total. The molecular formula is C24H34N4O3. The van der Waals surface area contributed by atoms with Crippen LogP contribution in [0.1, 0.15) is 43.5 Å². The Balaban J connectivity index is 1.34. The fourth-order valence-electron chi connectivity index (χ4n) is 5.23. The third kappa shape index (κ3) is 4.92. The first-order valence-electron chi connectivity index (χ1n) is 11.6. The van der Waals surface area contributed by atoms with Gasteiger partial charge in [-0.05, 0) is 36.8 Å². The SMILES string of the molecule is C[C@@H]1C[C@H](C)CN(C(=O)CN2CCN(C(=O)c3ccccc3N3CCCC3=O)CC2)C1. The highest BCUT2D eigenvalue weighted by Crippen LogP contribution is 2.27. The average Bonchev–Trinajstić information content (AvgIpc) is 3.19. The molecule has 4 rings (SSSR count). The molecular weight excluding hydrogens is 392 g/mol. The van der Waals surface area contributed by atoms with E-state index in [-0.39, 0.29) is 17.7 Å². The molecule has 0 aromatic heterocycles. The number of rotatable bonds is 4. The molecule has 3 saturated heterocycles. The van der Waals surface area contributed by atoms with Gasteiger partial charge in [-0.1, -0.05) is 26.0 Å². The Hall–Kier alpha value is -2.41. The van der Waals surface area contributed by atoms with Crippen LogP contribution in [0.2, 0.25) is 0 Å². The number of benzene rings is 1. The number of likely N-dealkylation sites (tertiary alicyclic amines) is 1. The molecule has 31 heavy (non-hydrogen) atoms. The molecule has 0 bridgehead atoms. The number of piperazine rings is 1. The number of para-hydroxylation sites is 1. The zero-order valence-corrected chi connectivity index (χ0v) is 18.8. The number of nitrogens with zero attached hydrogens (tertiary/aromatic N) is 4.